The molecule has 1 saturated heterocycles. The molecule has 0 atom stereocenters. The molecule has 0 radical (unpaired) electrons. The lowest BCUT2D eigenvalue weighted by molar-refractivity contribution is 0.0533. The van der Waals surface area contributed by atoms with Crippen LogP contribution in [0.3, 0.4) is 0 Å². The molecule has 2 aromatic rings. The van der Waals surface area contributed by atoms with E-state index < -0.39 is 0 Å². The molecule has 0 spiro atoms. The average Bonchev–Trinajstić information content (AvgIpc) is 2.73. The second-order valence-corrected chi connectivity index (χ2v) is 6.59. The van der Waals surface area contributed by atoms with Gasteiger partial charge < -0.3 is 19.3 Å². The Kier molecular flexibility index (Phi) is 5.86. The molecule has 0 unspecified atom stereocenters. The van der Waals surface area contributed by atoms with E-state index in [4.69, 9.17) is 21.1 Å². The van der Waals surface area contributed by atoms with Crippen LogP contribution in [-0.4, -0.2) is 62.0 Å². The van der Waals surface area contributed by atoms with Gasteiger partial charge in [-0.05, 0) is 42.5 Å². The molecule has 142 valence electrons. The van der Waals surface area contributed by atoms with Crippen LogP contribution in [0, 0.1) is 0 Å². The first kappa shape index (κ1) is 19.0. The summed E-state index contributed by atoms with van der Waals surface area (Å²) in [5, 5.41) is 0.479. The third-order valence-electron chi connectivity index (χ3n) is 4.58. The summed E-state index contributed by atoms with van der Waals surface area (Å²) in [7, 11) is 3.10. The molecular formula is C20H21ClN2O4. The molecule has 1 fully saturated rings. The zero-order valence-electron chi connectivity index (χ0n) is 15.3. The maximum Gasteiger partial charge on any atom is 0.257 e. The standard InChI is InChI=1S/C20H21ClN2O4/c1-26-16-6-3-14(4-7-16)19(24)22-9-11-23(12-10-22)20(25)17-13-15(21)5-8-18(17)27-2/h3-8,13H,9-12H2,1-2H3. The van der Waals surface area contributed by atoms with Gasteiger partial charge in [0.05, 0.1) is 19.8 Å². The Morgan fingerprint density at radius 3 is 2.00 bits per heavy atom. The molecule has 0 saturated carbocycles. The number of hydrogen-bond donors (Lipinski definition) is 0. The Morgan fingerprint density at radius 2 is 1.44 bits per heavy atom. The molecule has 7 heteroatoms. The maximum atomic E-state index is 12.8. The highest BCUT2D eigenvalue weighted by Crippen LogP contribution is 2.24. The predicted octanol–water partition coefficient (Wildman–Crippen LogP) is 2.96. The highest BCUT2D eigenvalue weighted by Gasteiger charge is 2.27. The number of methoxy groups -OCH3 is 2. The van der Waals surface area contributed by atoms with Crippen molar-refractivity contribution in [2.45, 2.75) is 0 Å². The van der Waals surface area contributed by atoms with Gasteiger partial charge >= 0.3 is 0 Å². The van der Waals surface area contributed by atoms with Crippen molar-refractivity contribution in [3.05, 3.63) is 58.6 Å². The summed E-state index contributed by atoms with van der Waals surface area (Å²) in [4.78, 5) is 28.9. The number of amides is 2. The van der Waals surface area contributed by atoms with Crippen LogP contribution in [0.15, 0.2) is 42.5 Å². The van der Waals surface area contributed by atoms with Crippen molar-refractivity contribution in [2.24, 2.45) is 0 Å². The minimum Gasteiger partial charge on any atom is -0.497 e. The summed E-state index contributed by atoms with van der Waals surface area (Å²) in [6.45, 7) is 1.85. The van der Waals surface area contributed by atoms with Crippen molar-refractivity contribution < 1.29 is 19.1 Å². The van der Waals surface area contributed by atoms with E-state index in [0.717, 1.165) is 0 Å². The van der Waals surface area contributed by atoms with E-state index in [9.17, 15) is 9.59 Å². The largest absolute Gasteiger partial charge is 0.497 e. The molecular weight excluding hydrogens is 368 g/mol. The molecule has 1 heterocycles. The normalized spacial score (nSPS) is 14.0. The zero-order chi connectivity index (χ0) is 19.4. The average molecular weight is 389 g/mol. The van der Waals surface area contributed by atoms with E-state index in [1.165, 1.54) is 7.11 Å². The Morgan fingerprint density at radius 1 is 0.852 bits per heavy atom. The summed E-state index contributed by atoms with van der Waals surface area (Å²) in [6.07, 6.45) is 0. The number of carbonyl (C=O) groups excluding carboxylic acids is 2. The molecule has 3 rings (SSSR count). The van der Waals surface area contributed by atoms with Crippen molar-refractivity contribution in [3.8, 4) is 11.5 Å². The van der Waals surface area contributed by atoms with Crippen LogP contribution in [0.5, 0.6) is 11.5 Å². The number of hydrogen-bond acceptors (Lipinski definition) is 4. The SMILES string of the molecule is COc1ccc(C(=O)N2CCN(C(=O)c3cc(Cl)ccc3OC)CC2)cc1. The number of rotatable bonds is 4. The molecule has 1 aliphatic heterocycles. The van der Waals surface area contributed by atoms with Crippen LogP contribution in [0.4, 0.5) is 0 Å². The molecule has 0 aliphatic carbocycles. The summed E-state index contributed by atoms with van der Waals surface area (Å²) in [5.41, 5.74) is 1.03. The van der Waals surface area contributed by atoms with Gasteiger partial charge in [-0.15, -0.1) is 0 Å². The highest BCUT2D eigenvalue weighted by atomic mass is 35.5. The zero-order valence-corrected chi connectivity index (χ0v) is 16.0. The maximum absolute atomic E-state index is 12.8. The molecule has 0 aromatic heterocycles. The first-order valence-corrected chi connectivity index (χ1v) is 8.97. The van der Waals surface area contributed by atoms with Crippen LogP contribution in [0.1, 0.15) is 20.7 Å². The third kappa shape index (κ3) is 4.17. The van der Waals surface area contributed by atoms with Crippen molar-refractivity contribution in [1.29, 1.82) is 0 Å². The van der Waals surface area contributed by atoms with E-state index in [1.54, 1.807) is 59.4 Å². The molecule has 2 aromatic carbocycles. The van der Waals surface area contributed by atoms with Crippen molar-refractivity contribution in [3.63, 3.8) is 0 Å². The molecule has 0 bridgehead atoms. The van der Waals surface area contributed by atoms with Crippen LogP contribution >= 0.6 is 11.6 Å². The smallest absolute Gasteiger partial charge is 0.257 e. The lowest BCUT2D eigenvalue weighted by Crippen LogP contribution is -2.50. The first-order chi connectivity index (χ1) is 13.0. The van der Waals surface area contributed by atoms with Gasteiger partial charge in [-0.1, -0.05) is 11.6 Å². The van der Waals surface area contributed by atoms with E-state index in [-0.39, 0.29) is 11.8 Å². The van der Waals surface area contributed by atoms with E-state index in [2.05, 4.69) is 0 Å². The van der Waals surface area contributed by atoms with Crippen LogP contribution in [0.25, 0.3) is 0 Å². The number of ether oxygens (including phenoxy) is 2. The van der Waals surface area contributed by atoms with E-state index in [0.29, 0.717) is 53.8 Å². The van der Waals surface area contributed by atoms with Gasteiger partial charge in [0, 0.05) is 36.8 Å². The number of piperazine rings is 1. The number of nitrogens with zero attached hydrogens (tertiary/aromatic N) is 2. The lowest BCUT2D eigenvalue weighted by atomic mass is 10.1. The van der Waals surface area contributed by atoms with Gasteiger partial charge in [-0.2, -0.15) is 0 Å². The minimum absolute atomic E-state index is 0.0508. The van der Waals surface area contributed by atoms with Crippen LogP contribution < -0.4 is 9.47 Å². The molecule has 6 nitrogen and oxygen atoms in total. The van der Waals surface area contributed by atoms with Crippen molar-refractivity contribution in [1.82, 2.24) is 9.80 Å². The Balaban J connectivity index is 1.65. The van der Waals surface area contributed by atoms with Gasteiger partial charge in [0.1, 0.15) is 11.5 Å². The monoisotopic (exact) mass is 388 g/mol. The van der Waals surface area contributed by atoms with E-state index in [1.807, 2.05) is 0 Å². The summed E-state index contributed by atoms with van der Waals surface area (Å²) in [5.74, 6) is 0.995. The minimum atomic E-state index is -0.147. The summed E-state index contributed by atoms with van der Waals surface area (Å²) in [6, 6.07) is 12.0. The lowest BCUT2D eigenvalue weighted by Gasteiger charge is -2.35. The number of carbonyl (C=O) groups is 2. The highest BCUT2D eigenvalue weighted by molar-refractivity contribution is 6.31. The quantitative estimate of drug-likeness (QED) is 0.808. The first-order valence-electron chi connectivity index (χ1n) is 8.59. The fourth-order valence-electron chi connectivity index (χ4n) is 3.05. The molecule has 1 aliphatic rings. The van der Waals surface area contributed by atoms with Crippen molar-refractivity contribution >= 4 is 23.4 Å². The number of halogens is 1. The topological polar surface area (TPSA) is 59.1 Å². The molecule has 2 amide bonds. The molecule has 0 N–H and O–H groups in total. The number of benzene rings is 2. The predicted molar refractivity (Wildman–Crippen MR) is 103 cm³/mol. The second kappa shape index (κ2) is 8.31. The van der Waals surface area contributed by atoms with Gasteiger partial charge in [0.25, 0.3) is 11.8 Å². The Bertz CT molecular complexity index is 830. The van der Waals surface area contributed by atoms with Crippen molar-refractivity contribution in [2.75, 3.05) is 40.4 Å². The fourth-order valence-corrected chi connectivity index (χ4v) is 3.22. The Labute approximate surface area is 163 Å². The Hall–Kier alpha value is -2.73. The third-order valence-corrected chi connectivity index (χ3v) is 4.82. The van der Waals surface area contributed by atoms with Gasteiger partial charge in [0.2, 0.25) is 0 Å². The van der Waals surface area contributed by atoms with Crippen LogP contribution in [0.2, 0.25) is 5.02 Å². The summed E-state index contributed by atoms with van der Waals surface area (Å²) < 4.78 is 10.4. The van der Waals surface area contributed by atoms with Gasteiger partial charge in [-0.25, -0.2) is 0 Å². The summed E-state index contributed by atoms with van der Waals surface area (Å²) >= 11 is 6.02. The second-order valence-electron chi connectivity index (χ2n) is 6.16. The molecule has 27 heavy (non-hydrogen) atoms. The van der Waals surface area contributed by atoms with E-state index >= 15 is 0 Å². The van der Waals surface area contributed by atoms with Gasteiger partial charge in [0.15, 0.2) is 0 Å². The fraction of sp³-hybridized carbons (Fsp3) is 0.300. The van der Waals surface area contributed by atoms with Gasteiger partial charge in [-0.3, -0.25) is 9.59 Å². The van der Waals surface area contributed by atoms with Crippen LogP contribution in [-0.2, 0) is 0 Å².